The first-order chi connectivity index (χ1) is 7.24. The minimum absolute atomic E-state index is 0.300. The van der Waals surface area contributed by atoms with Gasteiger partial charge >= 0.3 is 0 Å². The van der Waals surface area contributed by atoms with Crippen LogP contribution in [0.1, 0.15) is 23.1 Å². The largest absolute Gasteiger partial charge is 0.355 e. The highest BCUT2D eigenvalue weighted by Crippen LogP contribution is 2.22. The third kappa shape index (κ3) is 1.68. The molecule has 2 heterocycles. The molecule has 0 saturated carbocycles. The average molecular weight is 205 g/mol. The fraction of sp³-hybridized carbons (Fsp3) is 0.300. The van der Waals surface area contributed by atoms with E-state index in [1.807, 2.05) is 24.7 Å². The van der Waals surface area contributed by atoms with Crippen molar-refractivity contribution >= 4 is 6.29 Å². The summed E-state index contributed by atoms with van der Waals surface area (Å²) in [5.41, 5.74) is 2.04. The molecule has 0 atom stereocenters. The summed E-state index contributed by atoms with van der Waals surface area (Å²) in [4.78, 5) is 10.5. The van der Waals surface area contributed by atoms with Crippen LogP contribution in [0.15, 0.2) is 16.8 Å². The Bertz CT molecular complexity index is 485. The Morgan fingerprint density at radius 2 is 2.40 bits per heavy atom. The number of rotatable bonds is 3. The third-order valence-electron chi connectivity index (χ3n) is 2.18. The maximum atomic E-state index is 10.5. The number of carbonyl (C=O) groups is 1. The number of hydrogen-bond acceptors (Lipinski definition) is 4. The summed E-state index contributed by atoms with van der Waals surface area (Å²) < 4.78 is 6.86. The molecule has 5 nitrogen and oxygen atoms in total. The summed E-state index contributed by atoms with van der Waals surface area (Å²) >= 11 is 0. The van der Waals surface area contributed by atoms with E-state index in [1.165, 1.54) is 0 Å². The van der Waals surface area contributed by atoms with E-state index in [1.54, 1.807) is 6.07 Å². The van der Waals surface area contributed by atoms with E-state index in [2.05, 4.69) is 10.3 Å². The molecule has 0 aliphatic carbocycles. The highest BCUT2D eigenvalue weighted by atomic mass is 16.5. The standard InChI is InChI=1S/C10H11N3O2/c1-3-13-5-9(7(2)11-13)10-4-8(6-14)12-15-10/h4-6H,3H2,1-2H3. The lowest BCUT2D eigenvalue weighted by Gasteiger charge is -1.89. The van der Waals surface area contributed by atoms with Gasteiger partial charge in [0.05, 0.1) is 11.3 Å². The molecule has 2 aromatic rings. The minimum Gasteiger partial charge on any atom is -0.355 e. The van der Waals surface area contributed by atoms with Crippen molar-refractivity contribution in [1.29, 1.82) is 0 Å². The van der Waals surface area contributed by atoms with Crippen LogP contribution in [-0.2, 0) is 6.54 Å². The molecule has 5 heteroatoms. The smallest absolute Gasteiger partial charge is 0.171 e. The van der Waals surface area contributed by atoms with E-state index in [0.717, 1.165) is 17.8 Å². The van der Waals surface area contributed by atoms with Gasteiger partial charge in [0.15, 0.2) is 12.0 Å². The molecular weight excluding hydrogens is 194 g/mol. The van der Waals surface area contributed by atoms with E-state index < -0.39 is 0 Å². The summed E-state index contributed by atoms with van der Waals surface area (Å²) in [7, 11) is 0. The van der Waals surface area contributed by atoms with Crippen LogP contribution in [-0.4, -0.2) is 21.2 Å². The predicted octanol–water partition coefficient (Wildman–Crippen LogP) is 1.68. The lowest BCUT2D eigenvalue weighted by atomic mass is 10.2. The molecule has 2 aromatic heterocycles. The molecule has 0 bridgehead atoms. The molecule has 0 amide bonds. The Balaban J connectivity index is 2.43. The van der Waals surface area contributed by atoms with Crippen LogP contribution in [0.3, 0.4) is 0 Å². The molecule has 0 spiro atoms. The minimum atomic E-state index is 0.300. The highest BCUT2D eigenvalue weighted by Gasteiger charge is 2.12. The lowest BCUT2D eigenvalue weighted by Crippen LogP contribution is -1.93. The van der Waals surface area contributed by atoms with Gasteiger partial charge in [0.2, 0.25) is 0 Å². The van der Waals surface area contributed by atoms with Gasteiger partial charge in [-0.1, -0.05) is 5.16 Å². The fourth-order valence-electron chi connectivity index (χ4n) is 1.39. The quantitative estimate of drug-likeness (QED) is 0.715. The van der Waals surface area contributed by atoms with Crippen molar-refractivity contribution in [2.75, 3.05) is 0 Å². The van der Waals surface area contributed by atoms with Crippen molar-refractivity contribution in [2.45, 2.75) is 20.4 Å². The van der Waals surface area contributed by atoms with Gasteiger partial charge in [0.25, 0.3) is 0 Å². The summed E-state index contributed by atoms with van der Waals surface area (Å²) in [6.45, 7) is 4.70. The van der Waals surface area contributed by atoms with E-state index >= 15 is 0 Å². The van der Waals surface area contributed by atoms with E-state index in [0.29, 0.717) is 17.7 Å². The van der Waals surface area contributed by atoms with E-state index in [-0.39, 0.29) is 0 Å². The highest BCUT2D eigenvalue weighted by molar-refractivity contribution is 5.74. The second-order valence-corrected chi connectivity index (χ2v) is 3.22. The second-order valence-electron chi connectivity index (χ2n) is 3.22. The van der Waals surface area contributed by atoms with Gasteiger partial charge in [-0.3, -0.25) is 9.48 Å². The number of aldehydes is 1. The van der Waals surface area contributed by atoms with Crippen LogP contribution in [0.2, 0.25) is 0 Å². The van der Waals surface area contributed by atoms with Gasteiger partial charge in [0, 0.05) is 18.8 Å². The molecule has 0 aliphatic rings. The summed E-state index contributed by atoms with van der Waals surface area (Å²) in [6.07, 6.45) is 2.54. The van der Waals surface area contributed by atoms with Crippen LogP contribution in [0.4, 0.5) is 0 Å². The number of nitrogens with zero attached hydrogens (tertiary/aromatic N) is 3. The van der Waals surface area contributed by atoms with Gasteiger partial charge in [-0.15, -0.1) is 0 Å². The monoisotopic (exact) mass is 205 g/mol. The molecule has 0 aromatic carbocycles. The summed E-state index contributed by atoms with van der Waals surface area (Å²) in [6, 6.07) is 1.61. The molecule has 0 radical (unpaired) electrons. The average Bonchev–Trinajstić information content (AvgIpc) is 2.83. The zero-order valence-electron chi connectivity index (χ0n) is 8.60. The number of aromatic nitrogens is 3. The van der Waals surface area contributed by atoms with Crippen molar-refractivity contribution in [3.8, 4) is 11.3 Å². The third-order valence-corrected chi connectivity index (χ3v) is 2.18. The number of carbonyl (C=O) groups excluding carboxylic acids is 1. The topological polar surface area (TPSA) is 60.9 Å². The molecule has 0 N–H and O–H groups in total. The maximum absolute atomic E-state index is 10.5. The molecule has 0 fully saturated rings. The number of hydrogen-bond donors (Lipinski definition) is 0. The van der Waals surface area contributed by atoms with Gasteiger partial charge in [-0.05, 0) is 13.8 Å². The van der Waals surface area contributed by atoms with Crippen LogP contribution in [0.25, 0.3) is 11.3 Å². The van der Waals surface area contributed by atoms with Crippen LogP contribution < -0.4 is 0 Å². The van der Waals surface area contributed by atoms with E-state index in [9.17, 15) is 4.79 Å². The molecular formula is C10H11N3O2. The normalized spacial score (nSPS) is 10.5. The summed E-state index contributed by atoms with van der Waals surface area (Å²) in [5.74, 6) is 0.578. The Morgan fingerprint density at radius 1 is 1.60 bits per heavy atom. The van der Waals surface area contributed by atoms with Crippen molar-refractivity contribution in [2.24, 2.45) is 0 Å². The Hall–Kier alpha value is -1.91. The first kappa shape index (κ1) is 9.64. The van der Waals surface area contributed by atoms with Crippen LogP contribution >= 0.6 is 0 Å². The van der Waals surface area contributed by atoms with Gasteiger partial charge in [-0.2, -0.15) is 5.10 Å². The van der Waals surface area contributed by atoms with Gasteiger partial charge in [0.1, 0.15) is 5.69 Å². The predicted molar refractivity (Wildman–Crippen MR) is 53.5 cm³/mol. The Kier molecular flexibility index (Phi) is 2.37. The van der Waals surface area contributed by atoms with Crippen molar-refractivity contribution in [3.05, 3.63) is 23.7 Å². The zero-order valence-corrected chi connectivity index (χ0v) is 8.60. The Morgan fingerprint density at radius 3 is 2.93 bits per heavy atom. The maximum Gasteiger partial charge on any atom is 0.171 e. The molecule has 2 rings (SSSR count). The second kappa shape index (κ2) is 3.68. The molecule has 0 aliphatic heterocycles. The first-order valence-electron chi connectivity index (χ1n) is 4.71. The molecule has 78 valence electrons. The van der Waals surface area contributed by atoms with E-state index in [4.69, 9.17) is 4.52 Å². The van der Waals surface area contributed by atoms with Gasteiger partial charge < -0.3 is 4.52 Å². The SMILES string of the molecule is CCn1cc(-c2cc(C=O)no2)c(C)n1. The summed E-state index contributed by atoms with van der Waals surface area (Å²) in [5, 5.41) is 7.89. The van der Waals surface area contributed by atoms with Crippen LogP contribution in [0, 0.1) is 6.92 Å². The first-order valence-corrected chi connectivity index (χ1v) is 4.71. The van der Waals surface area contributed by atoms with Gasteiger partial charge in [-0.25, -0.2) is 0 Å². The fourth-order valence-corrected chi connectivity index (χ4v) is 1.39. The molecule has 15 heavy (non-hydrogen) atoms. The lowest BCUT2D eigenvalue weighted by molar-refractivity contribution is 0.111. The van der Waals surface area contributed by atoms with Crippen molar-refractivity contribution < 1.29 is 9.32 Å². The Labute approximate surface area is 86.7 Å². The van der Waals surface area contributed by atoms with Crippen molar-refractivity contribution in [3.63, 3.8) is 0 Å². The molecule has 0 unspecified atom stereocenters. The van der Waals surface area contributed by atoms with Crippen molar-refractivity contribution in [1.82, 2.24) is 14.9 Å². The number of aryl methyl sites for hydroxylation is 2. The zero-order chi connectivity index (χ0) is 10.8. The van der Waals surface area contributed by atoms with Crippen LogP contribution in [0.5, 0.6) is 0 Å². The molecule has 0 saturated heterocycles.